The molecule has 0 aromatic rings. The second-order valence-corrected chi connectivity index (χ2v) is 9.33. The molecule has 1 spiro atoms. The molecule has 0 N–H and O–H groups in total. The second kappa shape index (κ2) is 7.35. The van der Waals surface area contributed by atoms with Crippen molar-refractivity contribution in [2.75, 3.05) is 32.7 Å². The number of amides is 1. The number of likely N-dealkylation sites (tertiary alicyclic amines) is 2. The first-order valence-electron chi connectivity index (χ1n) is 10.8. The van der Waals surface area contributed by atoms with Gasteiger partial charge in [-0.2, -0.15) is 0 Å². The Kier molecular flexibility index (Phi) is 5.17. The molecule has 0 bridgehead atoms. The van der Waals surface area contributed by atoms with Crippen LogP contribution in [-0.4, -0.2) is 48.4 Å². The van der Waals surface area contributed by atoms with E-state index in [-0.39, 0.29) is 0 Å². The Morgan fingerprint density at radius 2 is 1.58 bits per heavy atom. The molecule has 2 saturated carbocycles. The van der Waals surface area contributed by atoms with Gasteiger partial charge in [0.05, 0.1) is 0 Å². The van der Waals surface area contributed by atoms with E-state index in [9.17, 15) is 4.79 Å². The van der Waals surface area contributed by atoms with Crippen LogP contribution in [0.1, 0.15) is 77.0 Å². The summed E-state index contributed by atoms with van der Waals surface area (Å²) in [5, 5.41) is 0. The number of carbonyl (C=O) groups excluding carboxylic acids is 1. The minimum absolute atomic E-state index is 0.363. The minimum atomic E-state index is 0.363. The summed E-state index contributed by atoms with van der Waals surface area (Å²) < 4.78 is 0. The molecule has 4 aliphatic rings. The van der Waals surface area contributed by atoms with E-state index in [0.29, 0.717) is 17.2 Å². The molecule has 24 heavy (non-hydrogen) atoms. The molecule has 2 saturated heterocycles. The van der Waals surface area contributed by atoms with Gasteiger partial charge < -0.3 is 9.80 Å². The zero-order valence-electron chi connectivity index (χ0n) is 15.5. The maximum Gasteiger partial charge on any atom is 0.225 e. The Morgan fingerprint density at radius 1 is 0.833 bits per heavy atom. The lowest BCUT2D eigenvalue weighted by Gasteiger charge is -2.42. The van der Waals surface area contributed by atoms with Crippen LogP contribution in [0, 0.1) is 17.3 Å². The van der Waals surface area contributed by atoms with Gasteiger partial charge in [-0.1, -0.05) is 32.1 Å². The summed E-state index contributed by atoms with van der Waals surface area (Å²) in [6.07, 6.45) is 16.1. The molecular formula is C21H36N2O. The highest BCUT2D eigenvalue weighted by Crippen LogP contribution is 2.41. The van der Waals surface area contributed by atoms with Crippen molar-refractivity contribution in [3.63, 3.8) is 0 Å². The van der Waals surface area contributed by atoms with Gasteiger partial charge in [0.15, 0.2) is 0 Å². The smallest absolute Gasteiger partial charge is 0.225 e. The van der Waals surface area contributed by atoms with Crippen molar-refractivity contribution in [3.8, 4) is 0 Å². The highest BCUT2D eigenvalue weighted by Gasteiger charge is 2.44. The fourth-order valence-corrected chi connectivity index (χ4v) is 6.09. The van der Waals surface area contributed by atoms with Crippen LogP contribution in [-0.2, 0) is 4.79 Å². The molecule has 2 aliphatic carbocycles. The number of hydrogen-bond donors (Lipinski definition) is 0. The fourth-order valence-electron chi connectivity index (χ4n) is 6.09. The van der Waals surface area contributed by atoms with E-state index in [0.717, 1.165) is 31.8 Å². The molecule has 1 amide bonds. The predicted octanol–water partition coefficient (Wildman–Crippen LogP) is 4.07. The third-order valence-electron chi connectivity index (χ3n) is 7.44. The number of rotatable bonds is 3. The Bertz CT molecular complexity index is 439. The van der Waals surface area contributed by atoms with Crippen molar-refractivity contribution in [3.05, 3.63) is 0 Å². The molecule has 136 valence electrons. The van der Waals surface area contributed by atoms with Crippen LogP contribution in [0.3, 0.4) is 0 Å². The summed E-state index contributed by atoms with van der Waals surface area (Å²) >= 11 is 0. The zero-order valence-corrected chi connectivity index (χ0v) is 15.5. The van der Waals surface area contributed by atoms with Crippen LogP contribution < -0.4 is 0 Å². The van der Waals surface area contributed by atoms with Gasteiger partial charge in [0, 0.05) is 37.5 Å². The topological polar surface area (TPSA) is 23.6 Å². The van der Waals surface area contributed by atoms with Crippen LogP contribution in [0.5, 0.6) is 0 Å². The Labute approximate surface area is 148 Å². The Morgan fingerprint density at radius 3 is 2.38 bits per heavy atom. The Balaban J connectivity index is 1.32. The third kappa shape index (κ3) is 3.66. The van der Waals surface area contributed by atoms with Crippen molar-refractivity contribution in [2.24, 2.45) is 17.3 Å². The molecular weight excluding hydrogens is 296 g/mol. The first-order valence-corrected chi connectivity index (χ1v) is 10.8. The summed E-state index contributed by atoms with van der Waals surface area (Å²) in [6.45, 7) is 5.99. The molecule has 4 fully saturated rings. The van der Waals surface area contributed by atoms with E-state index >= 15 is 0 Å². The Hall–Kier alpha value is -0.570. The van der Waals surface area contributed by atoms with E-state index in [1.165, 1.54) is 83.8 Å². The van der Waals surface area contributed by atoms with Crippen molar-refractivity contribution >= 4 is 5.91 Å². The van der Waals surface area contributed by atoms with Crippen LogP contribution in [0.2, 0.25) is 0 Å². The average Bonchev–Trinajstić information content (AvgIpc) is 3.26. The quantitative estimate of drug-likeness (QED) is 0.778. The SMILES string of the molecule is O=C(C1CCCC1)N1CC[C@@]2(CCCN(CC3CCCCC3)C2)C1. The molecule has 3 heteroatoms. The van der Waals surface area contributed by atoms with Gasteiger partial charge in [-0.3, -0.25) is 4.79 Å². The molecule has 4 rings (SSSR count). The van der Waals surface area contributed by atoms with Crippen molar-refractivity contribution in [2.45, 2.75) is 77.0 Å². The first-order chi connectivity index (χ1) is 11.7. The lowest BCUT2D eigenvalue weighted by Crippen LogP contribution is -2.47. The maximum absolute atomic E-state index is 12.8. The number of piperidine rings is 1. The molecule has 3 nitrogen and oxygen atoms in total. The van der Waals surface area contributed by atoms with Crippen molar-refractivity contribution < 1.29 is 4.79 Å². The van der Waals surface area contributed by atoms with Gasteiger partial charge in [0.1, 0.15) is 0 Å². The van der Waals surface area contributed by atoms with Gasteiger partial charge in [0.25, 0.3) is 0 Å². The van der Waals surface area contributed by atoms with Gasteiger partial charge in [-0.05, 0) is 57.4 Å². The van der Waals surface area contributed by atoms with Crippen LogP contribution in [0.15, 0.2) is 0 Å². The van der Waals surface area contributed by atoms with Crippen LogP contribution >= 0.6 is 0 Å². The van der Waals surface area contributed by atoms with E-state index < -0.39 is 0 Å². The number of nitrogens with zero attached hydrogens (tertiary/aromatic N) is 2. The highest BCUT2D eigenvalue weighted by molar-refractivity contribution is 5.79. The van der Waals surface area contributed by atoms with Gasteiger partial charge >= 0.3 is 0 Å². The summed E-state index contributed by atoms with van der Waals surface area (Å²) in [7, 11) is 0. The molecule has 0 radical (unpaired) electrons. The zero-order chi connectivity index (χ0) is 16.4. The maximum atomic E-state index is 12.8. The summed E-state index contributed by atoms with van der Waals surface area (Å²) in [4.78, 5) is 17.8. The lowest BCUT2D eigenvalue weighted by atomic mass is 9.78. The number of carbonyl (C=O) groups is 1. The van der Waals surface area contributed by atoms with Crippen LogP contribution in [0.4, 0.5) is 0 Å². The summed E-state index contributed by atoms with van der Waals surface area (Å²) in [5.74, 6) is 1.81. The largest absolute Gasteiger partial charge is 0.342 e. The highest BCUT2D eigenvalue weighted by atomic mass is 16.2. The van der Waals surface area contributed by atoms with Gasteiger partial charge in [-0.15, -0.1) is 0 Å². The van der Waals surface area contributed by atoms with Gasteiger partial charge in [0.2, 0.25) is 5.91 Å². The predicted molar refractivity (Wildman–Crippen MR) is 97.8 cm³/mol. The monoisotopic (exact) mass is 332 g/mol. The summed E-state index contributed by atoms with van der Waals surface area (Å²) in [6, 6.07) is 0. The first kappa shape index (κ1) is 16.9. The molecule has 1 atom stereocenters. The van der Waals surface area contributed by atoms with E-state index in [4.69, 9.17) is 0 Å². The summed E-state index contributed by atoms with van der Waals surface area (Å²) in [5.41, 5.74) is 0.432. The van der Waals surface area contributed by atoms with E-state index in [2.05, 4.69) is 9.80 Å². The second-order valence-electron chi connectivity index (χ2n) is 9.33. The minimum Gasteiger partial charge on any atom is -0.342 e. The molecule has 0 aromatic carbocycles. The van der Waals surface area contributed by atoms with E-state index in [1.54, 1.807) is 0 Å². The third-order valence-corrected chi connectivity index (χ3v) is 7.44. The van der Waals surface area contributed by atoms with Gasteiger partial charge in [-0.25, -0.2) is 0 Å². The molecule has 2 heterocycles. The lowest BCUT2D eigenvalue weighted by molar-refractivity contribution is -0.134. The normalized spacial score (nSPS) is 33.6. The molecule has 0 unspecified atom stereocenters. The molecule has 2 aliphatic heterocycles. The molecule has 0 aromatic heterocycles. The van der Waals surface area contributed by atoms with Crippen molar-refractivity contribution in [1.82, 2.24) is 9.80 Å². The average molecular weight is 333 g/mol. The van der Waals surface area contributed by atoms with Crippen molar-refractivity contribution in [1.29, 1.82) is 0 Å². The standard InChI is InChI=1S/C21H36N2O/c24-20(19-9-4-5-10-19)23-14-12-21(17-23)11-6-13-22(16-21)15-18-7-2-1-3-8-18/h18-19H,1-17H2/t21-/m1/s1. The number of hydrogen-bond acceptors (Lipinski definition) is 2. The van der Waals surface area contributed by atoms with Crippen LogP contribution in [0.25, 0.3) is 0 Å². The van der Waals surface area contributed by atoms with E-state index in [1.807, 2.05) is 0 Å². The fraction of sp³-hybridized carbons (Fsp3) is 0.952.